The first-order chi connectivity index (χ1) is 18.6. The van der Waals surface area contributed by atoms with E-state index in [1.54, 1.807) is 0 Å². The minimum Gasteiger partial charge on any atom is -0.351 e. The van der Waals surface area contributed by atoms with Crippen LogP contribution in [-0.4, -0.2) is 50.6 Å². The molecule has 9 nitrogen and oxygen atoms in total. The number of carbonyl (C=O) groups is 1. The molecule has 1 aliphatic heterocycles. The summed E-state index contributed by atoms with van der Waals surface area (Å²) >= 11 is 0. The van der Waals surface area contributed by atoms with Crippen LogP contribution in [0.4, 0.5) is 30.7 Å². The number of nitrogens with zero attached hydrogens (tertiary/aromatic N) is 5. The maximum Gasteiger partial charge on any atom is 0.451 e. The number of alkyl halides is 6. The minimum absolute atomic E-state index is 0.0490. The molecule has 4 heterocycles. The fourth-order valence-corrected chi connectivity index (χ4v) is 5.97. The van der Waals surface area contributed by atoms with Crippen molar-refractivity contribution in [1.82, 2.24) is 29.6 Å². The van der Waals surface area contributed by atoms with Gasteiger partial charge in [-0.25, -0.2) is 27.8 Å². The van der Waals surface area contributed by atoms with Crippen molar-refractivity contribution in [2.75, 3.05) is 0 Å². The molecule has 214 valence electrons. The zero-order chi connectivity index (χ0) is 29.5. The molecule has 0 spiro atoms. The summed E-state index contributed by atoms with van der Waals surface area (Å²) in [4.78, 5) is 26.3. The van der Waals surface area contributed by atoms with Gasteiger partial charge in [0, 0.05) is 47.9 Å². The smallest absolute Gasteiger partial charge is 0.351 e. The van der Waals surface area contributed by atoms with Gasteiger partial charge in [-0.2, -0.15) is 30.6 Å². The molecule has 1 N–H and O–H groups in total. The summed E-state index contributed by atoms with van der Waals surface area (Å²) in [7, 11) is -4.36. The number of hydrogen-bond acceptors (Lipinski definition) is 7. The molecule has 0 unspecified atom stereocenters. The Morgan fingerprint density at radius 3 is 2.17 bits per heavy atom. The first-order valence-corrected chi connectivity index (χ1v) is 12.9. The molecule has 4 rings (SSSR count). The second-order valence-electron chi connectivity index (χ2n) is 8.83. The van der Waals surface area contributed by atoms with E-state index < -0.39 is 74.8 Å². The summed E-state index contributed by atoms with van der Waals surface area (Å²) in [6, 6.07) is 0.831. The van der Waals surface area contributed by atoms with E-state index in [1.807, 2.05) is 0 Å². The largest absolute Gasteiger partial charge is 0.451 e. The maximum atomic E-state index is 13.6. The summed E-state index contributed by atoms with van der Waals surface area (Å²) in [5, 5.41) is 1.79. The van der Waals surface area contributed by atoms with E-state index in [-0.39, 0.29) is 24.0 Å². The van der Waals surface area contributed by atoms with E-state index in [2.05, 4.69) is 25.3 Å². The Morgan fingerprint density at radius 2 is 1.60 bits per heavy atom. The normalized spacial score (nSPS) is 18.6. The van der Waals surface area contributed by atoms with Crippen LogP contribution in [0.1, 0.15) is 36.8 Å². The van der Waals surface area contributed by atoms with Crippen LogP contribution in [0, 0.1) is 5.82 Å². The second-order valence-corrected chi connectivity index (χ2v) is 10.6. The Balaban J connectivity index is 1.59. The number of amides is 1. The van der Waals surface area contributed by atoms with Crippen LogP contribution in [0.5, 0.6) is 0 Å². The van der Waals surface area contributed by atoms with Crippen molar-refractivity contribution in [2.24, 2.45) is 0 Å². The summed E-state index contributed by atoms with van der Waals surface area (Å²) < 4.78 is 120. The highest BCUT2D eigenvalue weighted by Gasteiger charge is 2.44. The third kappa shape index (κ3) is 6.04. The third-order valence-electron chi connectivity index (χ3n) is 6.07. The number of nitrogens with one attached hydrogen (secondary N) is 1. The highest BCUT2D eigenvalue weighted by atomic mass is 32.2. The number of aromatic nitrogens is 4. The number of rotatable bonds is 6. The number of pyridine rings is 2. The average molecular weight is 592 g/mol. The predicted molar refractivity (Wildman–Crippen MR) is 123 cm³/mol. The molecule has 1 saturated heterocycles. The highest BCUT2D eigenvalue weighted by molar-refractivity contribution is 7.89. The molecule has 1 fully saturated rings. The van der Waals surface area contributed by atoms with Crippen LogP contribution in [-0.2, 0) is 33.7 Å². The monoisotopic (exact) mass is 592 g/mol. The van der Waals surface area contributed by atoms with Crippen molar-refractivity contribution < 1.29 is 43.9 Å². The van der Waals surface area contributed by atoms with E-state index in [4.69, 9.17) is 0 Å². The molecule has 0 saturated carbocycles. The molecular formula is C23H19F7N6O3S. The number of carbonyl (C=O) groups excluding carboxylic acids is 1. The third-order valence-corrected chi connectivity index (χ3v) is 8.01. The Labute approximate surface area is 222 Å². The minimum atomic E-state index is -4.94. The Bertz CT molecular complexity index is 1500. The summed E-state index contributed by atoms with van der Waals surface area (Å²) in [6.07, 6.45) is -6.42. The summed E-state index contributed by atoms with van der Waals surface area (Å²) in [5.74, 6) is -3.11. The molecule has 3 aromatic heterocycles. The fourth-order valence-electron chi connectivity index (χ4n) is 4.22. The lowest BCUT2D eigenvalue weighted by Crippen LogP contribution is -2.48. The molecule has 1 amide bonds. The number of hydrogen-bond donors (Lipinski definition) is 1. The van der Waals surface area contributed by atoms with Crippen LogP contribution >= 0.6 is 0 Å². The topological polar surface area (TPSA) is 118 Å². The summed E-state index contributed by atoms with van der Waals surface area (Å²) in [6.45, 7) is 0.805. The van der Waals surface area contributed by atoms with E-state index in [0.29, 0.717) is 6.20 Å². The molecule has 40 heavy (non-hydrogen) atoms. The molecule has 2 atom stereocenters. The lowest BCUT2D eigenvalue weighted by molar-refractivity contribution is -0.145. The molecule has 1 aliphatic rings. The molecule has 0 aliphatic carbocycles. The van der Waals surface area contributed by atoms with Gasteiger partial charge in [0.25, 0.3) is 10.0 Å². The fraction of sp³-hybridized carbons (Fsp3) is 0.348. The SMILES string of the molecule is C[C@H]1CC[C@@H](C(=O)NCc2cc(-c3cnc(C(F)(F)F)nc3)cnc2C(F)(F)F)N1S(=O)(=O)c1ccc(F)cn1. The van der Waals surface area contributed by atoms with Gasteiger partial charge in [-0.05, 0) is 38.0 Å². The van der Waals surface area contributed by atoms with E-state index in [0.717, 1.165) is 41.1 Å². The van der Waals surface area contributed by atoms with Gasteiger partial charge in [-0.3, -0.25) is 9.78 Å². The van der Waals surface area contributed by atoms with Gasteiger partial charge >= 0.3 is 12.4 Å². The highest BCUT2D eigenvalue weighted by Crippen LogP contribution is 2.34. The summed E-state index contributed by atoms with van der Waals surface area (Å²) in [5.41, 5.74) is -1.99. The van der Waals surface area contributed by atoms with Gasteiger partial charge < -0.3 is 5.32 Å². The van der Waals surface area contributed by atoms with Gasteiger partial charge in [0.2, 0.25) is 11.7 Å². The quantitative estimate of drug-likeness (QED) is 0.431. The van der Waals surface area contributed by atoms with Gasteiger partial charge in [0.15, 0.2) is 5.03 Å². The molecule has 0 bridgehead atoms. The standard InChI is InChI=1S/C23H19F7N6O3S/c1-12-2-4-17(36(12)40(38,39)18-5-3-16(24)11-31-18)20(37)33-8-14-6-13(7-32-19(14)22(25,26)27)15-9-34-21(35-10-15)23(28,29)30/h3,5-7,9-12,17H,2,4,8H2,1H3,(H,33,37)/t12-,17-/m0/s1. The van der Waals surface area contributed by atoms with Gasteiger partial charge in [-0.1, -0.05) is 0 Å². The zero-order valence-electron chi connectivity index (χ0n) is 20.3. The van der Waals surface area contributed by atoms with Crippen molar-refractivity contribution in [3.05, 3.63) is 65.9 Å². The predicted octanol–water partition coefficient (Wildman–Crippen LogP) is 3.97. The van der Waals surface area contributed by atoms with Crippen molar-refractivity contribution in [3.63, 3.8) is 0 Å². The Kier molecular flexibility index (Phi) is 7.81. The first kappa shape index (κ1) is 29.3. The molecule has 3 aromatic rings. The van der Waals surface area contributed by atoms with Crippen LogP contribution in [0.3, 0.4) is 0 Å². The van der Waals surface area contributed by atoms with Crippen molar-refractivity contribution >= 4 is 15.9 Å². The lowest BCUT2D eigenvalue weighted by atomic mass is 10.1. The second kappa shape index (κ2) is 10.7. The van der Waals surface area contributed by atoms with E-state index in [9.17, 15) is 43.9 Å². The zero-order valence-corrected chi connectivity index (χ0v) is 21.1. The molecule has 0 aromatic carbocycles. The van der Waals surface area contributed by atoms with Gasteiger partial charge in [0.05, 0.1) is 6.20 Å². The number of sulfonamides is 1. The van der Waals surface area contributed by atoms with Crippen LogP contribution in [0.15, 0.2) is 48.0 Å². The van der Waals surface area contributed by atoms with Gasteiger partial charge in [-0.15, -0.1) is 0 Å². The molecular weight excluding hydrogens is 573 g/mol. The molecule has 0 radical (unpaired) electrons. The van der Waals surface area contributed by atoms with Crippen LogP contribution < -0.4 is 5.32 Å². The molecule has 17 heteroatoms. The Morgan fingerprint density at radius 1 is 0.950 bits per heavy atom. The van der Waals surface area contributed by atoms with Crippen molar-refractivity contribution in [1.29, 1.82) is 0 Å². The average Bonchev–Trinajstić information content (AvgIpc) is 3.28. The lowest BCUT2D eigenvalue weighted by Gasteiger charge is -2.26. The Hall–Kier alpha value is -3.73. The van der Waals surface area contributed by atoms with Crippen molar-refractivity contribution in [2.45, 2.75) is 55.8 Å². The maximum absolute atomic E-state index is 13.6. The van der Waals surface area contributed by atoms with Crippen LogP contribution in [0.2, 0.25) is 0 Å². The van der Waals surface area contributed by atoms with E-state index in [1.165, 1.54) is 6.92 Å². The first-order valence-electron chi connectivity index (χ1n) is 11.5. The van der Waals surface area contributed by atoms with Crippen LogP contribution in [0.25, 0.3) is 11.1 Å². The number of halogens is 7. The van der Waals surface area contributed by atoms with Gasteiger partial charge in [0.1, 0.15) is 17.6 Å². The van der Waals surface area contributed by atoms with Crippen molar-refractivity contribution in [3.8, 4) is 11.1 Å². The van der Waals surface area contributed by atoms with E-state index >= 15 is 0 Å².